The third kappa shape index (κ3) is 4.70. The third-order valence-corrected chi connectivity index (χ3v) is 3.90. The predicted octanol–water partition coefficient (Wildman–Crippen LogP) is 1.54. The topological polar surface area (TPSA) is 74.0 Å². The average molecular weight is 307 g/mol. The van der Waals surface area contributed by atoms with Gasteiger partial charge < -0.3 is 10.3 Å². The first-order chi connectivity index (χ1) is 9.99. The first-order valence-corrected chi connectivity index (χ1v) is 8.74. The quantitative estimate of drug-likeness (QED) is 0.511. The molecule has 21 heavy (non-hydrogen) atoms. The highest BCUT2D eigenvalue weighted by Crippen LogP contribution is 2.20. The molecule has 0 unspecified atom stereocenters. The lowest BCUT2D eigenvalue weighted by atomic mass is 10.1. The number of aromatic amines is 1. The van der Waals surface area contributed by atoms with E-state index in [1.54, 1.807) is 0 Å². The monoisotopic (exact) mass is 307 g/mol. The Kier molecular flexibility index (Phi) is 5.17. The molecule has 5 nitrogen and oxygen atoms in total. The second-order valence-electron chi connectivity index (χ2n) is 5.03. The Bertz CT molecular complexity index is 720. The lowest BCUT2D eigenvalue weighted by Gasteiger charge is -2.05. The molecule has 0 amide bonds. The highest BCUT2D eigenvalue weighted by Gasteiger charge is 2.06. The molecule has 2 aromatic rings. The van der Waals surface area contributed by atoms with E-state index in [9.17, 15) is 8.42 Å². The summed E-state index contributed by atoms with van der Waals surface area (Å²) >= 11 is 0. The Hall–Kier alpha value is -1.63. The Morgan fingerprint density at radius 1 is 1.38 bits per heavy atom. The van der Waals surface area contributed by atoms with Crippen LogP contribution < -0.4 is 10.0 Å². The van der Waals surface area contributed by atoms with Gasteiger partial charge in [0.05, 0.1) is 6.26 Å². The van der Waals surface area contributed by atoms with E-state index in [2.05, 4.69) is 21.6 Å². The van der Waals surface area contributed by atoms with Crippen LogP contribution in [0.3, 0.4) is 0 Å². The van der Waals surface area contributed by atoms with Gasteiger partial charge in [0.1, 0.15) is 0 Å². The van der Waals surface area contributed by atoms with Gasteiger partial charge in [0.25, 0.3) is 0 Å². The first-order valence-electron chi connectivity index (χ1n) is 6.85. The highest BCUT2D eigenvalue weighted by molar-refractivity contribution is 7.88. The molecule has 0 radical (unpaired) electrons. The van der Waals surface area contributed by atoms with Crippen LogP contribution in [-0.4, -0.2) is 32.7 Å². The van der Waals surface area contributed by atoms with Crippen LogP contribution >= 0.6 is 0 Å². The molecule has 0 spiro atoms. The van der Waals surface area contributed by atoms with Crippen molar-refractivity contribution in [1.82, 2.24) is 15.0 Å². The van der Waals surface area contributed by atoms with Gasteiger partial charge in [0.2, 0.25) is 10.0 Å². The summed E-state index contributed by atoms with van der Waals surface area (Å²) in [5.74, 6) is 0. The molecule has 0 saturated heterocycles. The van der Waals surface area contributed by atoms with Gasteiger partial charge in [-0.2, -0.15) is 0 Å². The van der Waals surface area contributed by atoms with E-state index in [0.717, 1.165) is 36.0 Å². The van der Waals surface area contributed by atoms with Crippen LogP contribution in [0.25, 0.3) is 10.9 Å². The summed E-state index contributed by atoms with van der Waals surface area (Å²) in [6, 6.07) is 5.94. The van der Waals surface area contributed by atoms with E-state index in [0.29, 0.717) is 6.54 Å². The zero-order valence-corrected chi connectivity index (χ0v) is 13.0. The number of H-pyrrole nitrogens is 1. The molecule has 0 fully saturated rings. The number of benzene rings is 1. The smallest absolute Gasteiger partial charge is 0.209 e. The van der Waals surface area contributed by atoms with Crippen molar-refractivity contribution in [3.8, 4) is 0 Å². The van der Waals surface area contributed by atoms with Crippen molar-refractivity contribution < 1.29 is 8.42 Å². The van der Waals surface area contributed by atoms with Crippen molar-refractivity contribution in [2.45, 2.75) is 13.0 Å². The van der Waals surface area contributed by atoms with Gasteiger partial charge in [-0.25, -0.2) is 13.1 Å². The van der Waals surface area contributed by atoms with Crippen molar-refractivity contribution in [3.63, 3.8) is 0 Å². The van der Waals surface area contributed by atoms with Gasteiger partial charge in [0, 0.05) is 30.2 Å². The van der Waals surface area contributed by atoms with Crippen LogP contribution in [0.4, 0.5) is 0 Å². The Morgan fingerprint density at radius 3 is 2.90 bits per heavy atom. The van der Waals surface area contributed by atoms with Crippen LogP contribution in [0.1, 0.15) is 11.1 Å². The Labute approximate surface area is 125 Å². The molecule has 1 aromatic heterocycles. The number of nitrogens with one attached hydrogen (secondary N) is 3. The predicted molar refractivity (Wildman–Crippen MR) is 86.8 cm³/mol. The molecule has 3 N–H and O–H groups in total. The number of sulfonamides is 1. The van der Waals surface area contributed by atoms with Gasteiger partial charge >= 0.3 is 0 Å². The van der Waals surface area contributed by atoms with Crippen molar-refractivity contribution in [1.29, 1.82) is 0 Å². The lowest BCUT2D eigenvalue weighted by Crippen LogP contribution is -2.21. The zero-order valence-electron chi connectivity index (χ0n) is 12.1. The average Bonchev–Trinajstić information content (AvgIpc) is 2.83. The molecular weight excluding hydrogens is 286 g/mol. The van der Waals surface area contributed by atoms with Crippen molar-refractivity contribution >= 4 is 20.9 Å². The van der Waals surface area contributed by atoms with E-state index in [-0.39, 0.29) is 0 Å². The standard InChI is InChI=1S/C15H21N3O2S/c1-3-7-16-8-6-13-11-17-15-5-4-12(9-14(13)15)10-18-21(2,19)20/h3-5,9,11,16-18H,1,6-8,10H2,2H3. The molecule has 0 atom stereocenters. The molecule has 0 aliphatic rings. The summed E-state index contributed by atoms with van der Waals surface area (Å²) in [5.41, 5.74) is 3.24. The van der Waals surface area contributed by atoms with E-state index >= 15 is 0 Å². The summed E-state index contributed by atoms with van der Waals surface area (Å²) in [6.45, 7) is 5.66. The molecule has 6 heteroatoms. The second-order valence-corrected chi connectivity index (χ2v) is 6.86. The van der Waals surface area contributed by atoms with E-state index in [4.69, 9.17) is 0 Å². The fourth-order valence-corrected chi connectivity index (χ4v) is 2.61. The third-order valence-electron chi connectivity index (χ3n) is 3.23. The molecule has 2 rings (SSSR count). The van der Waals surface area contributed by atoms with Crippen LogP contribution in [-0.2, 0) is 23.0 Å². The normalized spacial score (nSPS) is 11.9. The summed E-state index contributed by atoms with van der Waals surface area (Å²) in [6.07, 6.45) is 5.92. The number of aromatic nitrogens is 1. The van der Waals surface area contributed by atoms with Gasteiger partial charge in [-0.1, -0.05) is 12.1 Å². The van der Waals surface area contributed by atoms with Crippen molar-refractivity contribution in [2.24, 2.45) is 0 Å². The highest BCUT2D eigenvalue weighted by atomic mass is 32.2. The number of hydrogen-bond acceptors (Lipinski definition) is 3. The number of rotatable bonds is 8. The maximum absolute atomic E-state index is 11.2. The Morgan fingerprint density at radius 2 is 2.19 bits per heavy atom. The second kappa shape index (κ2) is 6.89. The Balaban J connectivity index is 2.10. The van der Waals surface area contributed by atoms with Crippen molar-refractivity contribution in [3.05, 3.63) is 48.2 Å². The van der Waals surface area contributed by atoms with Crippen molar-refractivity contribution in [2.75, 3.05) is 19.3 Å². The molecule has 0 saturated carbocycles. The molecule has 114 valence electrons. The van der Waals surface area contributed by atoms with Gasteiger partial charge in [-0.05, 0) is 36.2 Å². The summed E-state index contributed by atoms with van der Waals surface area (Å²) < 4.78 is 24.8. The van der Waals surface area contributed by atoms with Gasteiger partial charge in [0.15, 0.2) is 0 Å². The summed E-state index contributed by atoms with van der Waals surface area (Å²) in [7, 11) is -3.17. The molecular formula is C15H21N3O2S. The minimum atomic E-state index is -3.17. The lowest BCUT2D eigenvalue weighted by molar-refractivity contribution is 0.587. The van der Waals surface area contributed by atoms with Crippen LogP contribution in [0.2, 0.25) is 0 Å². The SMILES string of the molecule is C=CCNCCc1c[nH]c2ccc(CNS(C)(=O)=O)cc12. The fourth-order valence-electron chi connectivity index (χ4n) is 2.18. The minimum absolute atomic E-state index is 0.314. The van der Waals surface area contributed by atoms with Crippen LogP contribution in [0.15, 0.2) is 37.1 Å². The maximum Gasteiger partial charge on any atom is 0.209 e. The molecule has 0 bridgehead atoms. The first kappa shape index (κ1) is 15.8. The fraction of sp³-hybridized carbons (Fsp3) is 0.333. The van der Waals surface area contributed by atoms with Crippen LogP contribution in [0.5, 0.6) is 0 Å². The zero-order chi connectivity index (χ0) is 15.3. The molecule has 1 heterocycles. The van der Waals surface area contributed by atoms with Gasteiger partial charge in [-0.15, -0.1) is 6.58 Å². The minimum Gasteiger partial charge on any atom is -0.361 e. The van der Waals surface area contributed by atoms with E-state index in [1.165, 1.54) is 11.8 Å². The van der Waals surface area contributed by atoms with Crippen LogP contribution in [0, 0.1) is 0 Å². The number of hydrogen-bond donors (Lipinski definition) is 3. The maximum atomic E-state index is 11.2. The molecule has 1 aromatic carbocycles. The largest absolute Gasteiger partial charge is 0.361 e. The molecule has 0 aliphatic heterocycles. The summed E-state index contributed by atoms with van der Waals surface area (Å²) in [4.78, 5) is 3.24. The van der Waals surface area contributed by atoms with Gasteiger partial charge in [-0.3, -0.25) is 0 Å². The van der Waals surface area contributed by atoms with E-state index < -0.39 is 10.0 Å². The number of fused-ring (bicyclic) bond motifs is 1. The van der Waals surface area contributed by atoms with E-state index in [1.807, 2.05) is 30.5 Å². The molecule has 0 aliphatic carbocycles. The summed E-state index contributed by atoms with van der Waals surface area (Å²) in [5, 5.41) is 4.42.